The molecule has 3 rings (SSSR count). The van der Waals surface area contributed by atoms with Crippen molar-refractivity contribution in [1.82, 2.24) is 9.97 Å². The summed E-state index contributed by atoms with van der Waals surface area (Å²) in [6, 6.07) is 10.7. The Balaban J connectivity index is 2.39. The quantitative estimate of drug-likeness (QED) is 0.715. The van der Waals surface area contributed by atoms with Crippen LogP contribution in [0.25, 0.3) is 22.0 Å². The lowest BCUT2D eigenvalue weighted by molar-refractivity contribution is 1.30. The first-order valence-corrected chi connectivity index (χ1v) is 6.06. The third-order valence-electron chi connectivity index (χ3n) is 2.93. The molecule has 2 heterocycles. The molecule has 0 aliphatic rings. The fourth-order valence-electron chi connectivity index (χ4n) is 2.06. The summed E-state index contributed by atoms with van der Waals surface area (Å²) in [5.74, 6) is 0.384. The van der Waals surface area contributed by atoms with Crippen molar-refractivity contribution in [3.8, 4) is 11.1 Å². The second kappa shape index (κ2) is 4.40. The summed E-state index contributed by atoms with van der Waals surface area (Å²) in [5.41, 5.74) is 7.86. The fourth-order valence-corrected chi connectivity index (χ4v) is 2.27. The highest BCUT2D eigenvalue weighted by Crippen LogP contribution is 2.32. The zero-order valence-corrected chi connectivity index (χ0v) is 10.6. The van der Waals surface area contributed by atoms with Crippen LogP contribution < -0.4 is 11.3 Å². The van der Waals surface area contributed by atoms with Gasteiger partial charge in [-0.15, -0.1) is 0 Å². The zero-order valence-electron chi connectivity index (χ0n) is 9.85. The lowest BCUT2D eigenvalue weighted by Crippen LogP contribution is -2.03. The van der Waals surface area contributed by atoms with Crippen LogP contribution in [0.3, 0.4) is 0 Å². The first-order valence-electron chi connectivity index (χ1n) is 5.68. The van der Waals surface area contributed by atoms with Gasteiger partial charge in [-0.1, -0.05) is 29.8 Å². The number of hydrogen-bond donors (Lipinski definition) is 2. The largest absolute Gasteiger partial charge is 0.384 e. The average Bonchev–Trinajstić information content (AvgIpc) is 2.41. The van der Waals surface area contributed by atoms with Gasteiger partial charge in [-0.3, -0.25) is 4.79 Å². The van der Waals surface area contributed by atoms with Crippen molar-refractivity contribution in [3.05, 3.63) is 58.0 Å². The molecule has 0 bridgehead atoms. The minimum absolute atomic E-state index is 0.155. The van der Waals surface area contributed by atoms with Crippen molar-refractivity contribution >= 4 is 28.3 Å². The highest BCUT2D eigenvalue weighted by atomic mass is 35.5. The van der Waals surface area contributed by atoms with Gasteiger partial charge in [0.15, 0.2) is 0 Å². The van der Waals surface area contributed by atoms with Gasteiger partial charge in [0.25, 0.3) is 0 Å². The maximum Gasteiger partial charge on any atom is 0.248 e. The number of aromatic nitrogens is 2. The number of pyridine rings is 2. The van der Waals surface area contributed by atoms with Crippen molar-refractivity contribution in [3.63, 3.8) is 0 Å². The van der Waals surface area contributed by atoms with Crippen LogP contribution in [0.4, 0.5) is 5.82 Å². The van der Waals surface area contributed by atoms with E-state index in [9.17, 15) is 4.79 Å². The number of nitrogens with one attached hydrogen (secondary N) is 1. The van der Waals surface area contributed by atoms with E-state index in [0.717, 1.165) is 22.0 Å². The number of hydrogen-bond acceptors (Lipinski definition) is 3. The molecule has 0 atom stereocenters. The second-order valence-corrected chi connectivity index (χ2v) is 4.59. The summed E-state index contributed by atoms with van der Waals surface area (Å²) < 4.78 is 0. The maximum absolute atomic E-state index is 11.5. The Labute approximate surface area is 113 Å². The maximum atomic E-state index is 11.5. The normalized spacial score (nSPS) is 10.8. The van der Waals surface area contributed by atoms with E-state index in [2.05, 4.69) is 9.97 Å². The first-order chi connectivity index (χ1) is 9.15. The van der Waals surface area contributed by atoms with Crippen LogP contribution in [-0.4, -0.2) is 9.97 Å². The van der Waals surface area contributed by atoms with Crippen LogP contribution in [0.5, 0.6) is 0 Å². The molecular weight excluding hydrogens is 262 g/mol. The third-order valence-corrected chi connectivity index (χ3v) is 3.23. The molecular formula is C14H10ClN3O. The van der Waals surface area contributed by atoms with E-state index in [1.54, 1.807) is 12.1 Å². The summed E-state index contributed by atoms with van der Waals surface area (Å²) in [7, 11) is 0. The molecule has 0 unspecified atom stereocenters. The van der Waals surface area contributed by atoms with Gasteiger partial charge in [0.2, 0.25) is 5.56 Å². The molecule has 0 amide bonds. The monoisotopic (exact) mass is 271 g/mol. The van der Waals surface area contributed by atoms with Crippen LogP contribution in [-0.2, 0) is 0 Å². The highest BCUT2D eigenvalue weighted by Gasteiger charge is 2.09. The first kappa shape index (κ1) is 11.7. The van der Waals surface area contributed by atoms with E-state index in [1.165, 1.54) is 12.3 Å². The molecule has 0 fully saturated rings. The Morgan fingerprint density at radius 2 is 2.00 bits per heavy atom. The summed E-state index contributed by atoms with van der Waals surface area (Å²) in [6.07, 6.45) is 1.51. The lowest BCUT2D eigenvalue weighted by atomic mass is 10.0. The number of nitrogen functional groups attached to an aromatic ring is 1. The van der Waals surface area contributed by atoms with Crippen LogP contribution in [0.15, 0.2) is 47.4 Å². The fraction of sp³-hybridized carbons (Fsp3) is 0. The van der Waals surface area contributed by atoms with Gasteiger partial charge in [0.05, 0.1) is 10.5 Å². The molecule has 0 radical (unpaired) electrons. The Morgan fingerprint density at radius 1 is 1.16 bits per heavy atom. The smallest absolute Gasteiger partial charge is 0.248 e. The Kier molecular flexibility index (Phi) is 2.72. The molecule has 0 spiro atoms. The van der Waals surface area contributed by atoms with Crippen molar-refractivity contribution in [2.24, 2.45) is 0 Å². The van der Waals surface area contributed by atoms with Crippen LogP contribution in [0.2, 0.25) is 5.02 Å². The van der Waals surface area contributed by atoms with Gasteiger partial charge in [0, 0.05) is 23.4 Å². The zero-order chi connectivity index (χ0) is 13.4. The molecule has 5 heteroatoms. The minimum atomic E-state index is -0.155. The Morgan fingerprint density at radius 3 is 2.84 bits per heavy atom. The van der Waals surface area contributed by atoms with E-state index in [4.69, 9.17) is 17.3 Å². The average molecular weight is 272 g/mol. The molecule has 1 aromatic carbocycles. The van der Waals surface area contributed by atoms with Gasteiger partial charge >= 0.3 is 0 Å². The van der Waals surface area contributed by atoms with E-state index in [1.807, 2.05) is 18.2 Å². The third kappa shape index (κ3) is 2.06. The topological polar surface area (TPSA) is 71.8 Å². The van der Waals surface area contributed by atoms with Crippen molar-refractivity contribution in [2.75, 3.05) is 5.73 Å². The predicted octanol–water partition coefficient (Wildman–Crippen LogP) is 2.83. The summed E-state index contributed by atoms with van der Waals surface area (Å²) in [4.78, 5) is 18.3. The molecule has 3 aromatic rings. The van der Waals surface area contributed by atoms with Gasteiger partial charge in [-0.25, -0.2) is 4.98 Å². The summed E-state index contributed by atoms with van der Waals surface area (Å²) in [5, 5.41) is 1.43. The highest BCUT2D eigenvalue weighted by molar-refractivity contribution is 6.33. The van der Waals surface area contributed by atoms with Crippen LogP contribution >= 0.6 is 11.6 Å². The molecule has 0 aliphatic heterocycles. The van der Waals surface area contributed by atoms with Gasteiger partial charge in [-0.2, -0.15) is 0 Å². The summed E-state index contributed by atoms with van der Waals surface area (Å²) >= 11 is 6.16. The minimum Gasteiger partial charge on any atom is -0.384 e. The van der Waals surface area contributed by atoms with Crippen molar-refractivity contribution < 1.29 is 0 Å². The van der Waals surface area contributed by atoms with Crippen molar-refractivity contribution in [2.45, 2.75) is 0 Å². The molecule has 0 saturated carbocycles. The number of rotatable bonds is 1. The number of nitrogens with two attached hydrogens (primary N) is 1. The number of fused-ring (bicyclic) bond motifs is 1. The van der Waals surface area contributed by atoms with Crippen LogP contribution in [0, 0.1) is 0 Å². The second-order valence-electron chi connectivity index (χ2n) is 4.18. The Bertz CT molecular complexity index is 826. The van der Waals surface area contributed by atoms with Crippen molar-refractivity contribution in [1.29, 1.82) is 0 Å². The van der Waals surface area contributed by atoms with E-state index >= 15 is 0 Å². The number of para-hydroxylation sites is 1. The number of halogens is 1. The van der Waals surface area contributed by atoms with E-state index < -0.39 is 0 Å². The Hall–Kier alpha value is -2.33. The predicted molar refractivity (Wildman–Crippen MR) is 77.2 cm³/mol. The molecule has 19 heavy (non-hydrogen) atoms. The standard InChI is InChI=1S/C14H10ClN3O/c15-11-7-17-12(16)6-10(11)9-3-1-2-8-4-5-13(19)18-14(8)9/h1-7H,(H2,16,17)(H,18,19). The number of anilines is 1. The molecule has 94 valence electrons. The molecule has 0 aliphatic carbocycles. The van der Waals surface area contributed by atoms with Gasteiger partial charge < -0.3 is 10.7 Å². The number of aromatic amines is 1. The van der Waals surface area contributed by atoms with E-state index in [0.29, 0.717) is 10.8 Å². The number of H-pyrrole nitrogens is 1. The summed E-state index contributed by atoms with van der Waals surface area (Å²) in [6.45, 7) is 0. The van der Waals surface area contributed by atoms with Gasteiger partial charge in [-0.05, 0) is 17.5 Å². The number of nitrogens with zero attached hydrogens (tertiary/aromatic N) is 1. The molecule has 4 nitrogen and oxygen atoms in total. The van der Waals surface area contributed by atoms with Gasteiger partial charge in [0.1, 0.15) is 5.82 Å². The number of benzene rings is 1. The molecule has 0 saturated heterocycles. The van der Waals surface area contributed by atoms with Crippen LogP contribution in [0.1, 0.15) is 0 Å². The lowest BCUT2D eigenvalue weighted by Gasteiger charge is -2.08. The molecule has 3 N–H and O–H groups in total. The molecule has 2 aromatic heterocycles. The van der Waals surface area contributed by atoms with E-state index in [-0.39, 0.29) is 5.56 Å². The SMILES string of the molecule is Nc1cc(-c2cccc3ccc(=O)[nH]c23)c(Cl)cn1.